The molecule has 1 aromatic carbocycles. The first-order valence-electron chi connectivity index (χ1n) is 12.5. The van der Waals surface area contributed by atoms with E-state index in [0.29, 0.717) is 0 Å². The molecule has 0 radical (unpaired) electrons. The third-order valence-corrected chi connectivity index (χ3v) is 5.02. The van der Waals surface area contributed by atoms with Crippen molar-refractivity contribution in [2.75, 3.05) is 0 Å². The molecule has 6 unspecified atom stereocenters. The minimum absolute atomic E-state index is 0.0257. The summed E-state index contributed by atoms with van der Waals surface area (Å²) in [4.78, 5) is 83.8. The Kier molecular flexibility index (Phi) is 14.0. The van der Waals surface area contributed by atoms with Crippen molar-refractivity contribution in [3.05, 3.63) is 35.9 Å². The molecule has 0 aliphatic carbocycles. The molecule has 0 aliphatic rings. The Morgan fingerprint density at radius 3 is 1.10 bits per heavy atom. The lowest BCUT2D eigenvalue weighted by molar-refractivity contribution is -0.187. The van der Waals surface area contributed by atoms with Gasteiger partial charge in [-0.2, -0.15) is 0 Å². The van der Waals surface area contributed by atoms with Gasteiger partial charge in [-0.25, -0.2) is 28.8 Å². The summed E-state index contributed by atoms with van der Waals surface area (Å²) in [6.45, 7) is 8.24. The SMILES string of the molecule is CC(=O)OC(C)C(=O)OC(C)C(=O)OC(C)C(=O)OC(C)C(=O)OC(C)C(=O)OC(C)C(=O)OCc1ccccc1. The van der Waals surface area contributed by atoms with Crippen LogP contribution in [-0.4, -0.2) is 78.4 Å². The molecule has 0 spiro atoms. The van der Waals surface area contributed by atoms with Gasteiger partial charge in [0.25, 0.3) is 0 Å². The van der Waals surface area contributed by atoms with E-state index in [-0.39, 0.29) is 6.61 Å². The molecule has 0 saturated heterocycles. The van der Waals surface area contributed by atoms with Gasteiger partial charge >= 0.3 is 41.8 Å². The van der Waals surface area contributed by atoms with Crippen LogP contribution in [0.1, 0.15) is 54.0 Å². The van der Waals surface area contributed by atoms with Crippen molar-refractivity contribution >= 4 is 41.8 Å². The number of benzene rings is 1. The number of carbonyl (C=O) groups excluding carboxylic acids is 7. The fourth-order valence-electron chi connectivity index (χ4n) is 2.73. The topological polar surface area (TPSA) is 184 Å². The van der Waals surface area contributed by atoms with Crippen LogP contribution in [0.5, 0.6) is 0 Å². The van der Waals surface area contributed by atoms with Crippen molar-refractivity contribution in [2.45, 2.75) is 91.7 Å². The highest BCUT2D eigenvalue weighted by Crippen LogP contribution is 2.09. The first-order chi connectivity index (χ1) is 19.1. The Morgan fingerprint density at radius 2 is 0.780 bits per heavy atom. The zero-order valence-corrected chi connectivity index (χ0v) is 23.8. The number of carbonyl (C=O) groups is 7. The molecule has 14 heteroatoms. The second kappa shape index (κ2) is 16.6. The van der Waals surface area contributed by atoms with Crippen molar-refractivity contribution in [1.82, 2.24) is 0 Å². The van der Waals surface area contributed by atoms with Gasteiger partial charge in [0, 0.05) is 6.92 Å². The molecule has 1 aromatic rings. The lowest BCUT2D eigenvalue weighted by atomic mass is 10.2. The highest BCUT2D eigenvalue weighted by molar-refractivity contribution is 5.87. The molecular formula is C27H34O14. The lowest BCUT2D eigenvalue weighted by Gasteiger charge is -2.20. The van der Waals surface area contributed by atoms with Crippen molar-refractivity contribution in [2.24, 2.45) is 0 Å². The second-order valence-corrected chi connectivity index (χ2v) is 8.74. The predicted molar refractivity (Wildman–Crippen MR) is 135 cm³/mol. The second-order valence-electron chi connectivity index (χ2n) is 8.74. The normalized spacial score (nSPS) is 14.9. The third-order valence-electron chi connectivity index (χ3n) is 5.02. The van der Waals surface area contributed by atoms with Crippen LogP contribution >= 0.6 is 0 Å². The summed E-state index contributed by atoms with van der Waals surface area (Å²) in [5.41, 5.74) is 0.734. The third kappa shape index (κ3) is 12.5. The molecule has 41 heavy (non-hydrogen) atoms. The van der Waals surface area contributed by atoms with E-state index in [4.69, 9.17) is 28.4 Å². The largest absolute Gasteiger partial charge is 0.458 e. The van der Waals surface area contributed by atoms with Gasteiger partial charge in [-0.05, 0) is 47.1 Å². The molecule has 0 bridgehead atoms. The smallest absolute Gasteiger partial charge is 0.347 e. The summed E-state index contributed by atoms with van der Waals surface area (Å²) in [5.74, 6) is -6.97. The lowest BCUT2D eigenvalue weighted by Crippen LogP contribution is -2.39. The van der Waals surface area contributed by atoms with Gasteiger partial charge in [-0.1, -0.05) is 30.3 Å². The number of hydrogen-bond donors (Lipinski definition) is 0. The molecule has 0 aromatic heterocycles. The van der Waals surface area contributed by atoms with Crippen LogP contribution in [0.2, 0.25) is 0 Å². The van der Waals surface area contributed by atoms with E-state index < -0.39 is 78.4 Å². The van der Waals surface area contributed by atoms with E-state index in [9.17, 15) is 33.6 Å². The zero-order valence-electron chi connectivity index (χ0n) is 23.8. The van der Waals surface area contributed by atoms with E-state index in [0.717, 1.165) is 26.3 Å². The summed E-state index contributed by atoms with van der Waals surface area (Å²) in [6, 6.07) is 8.84. The average Bonchev–Trinajstić information content (AvgIpc) is 2.91. The Morgan fingerprint density at radius 1 is 0.488 bits per heavy atom. The maximum Gasteiger partial charge on any atom is 0.347 e. The number of rotatable bonds is 14. The summed E-state index contributed by atoms with van der Waals surface area (Å²) in [5, 5.41) is 0. The van der Waals surface area contributed by atoms with Crippen LogP contribution in [0.15, 0.2) is 30.3 Å². The Balaban J connectivity index is 2.48. The molecule has 226 valence electrons. The van der Waals surface area contributed by atoms with Gasteiger partial charge in [-0.3, -0.25) is 4.79 Å². The maximum absolute atomic E-state index is 12.3. The number of esters is 7. The van der Waals surface area contributed by atoms with Crippen molar-refractivity contribution < 1.29 is 66.7 Å². The zero-order chi connectivity index (χ0) is 31.3. The minimum Gasteiger partial charge on any atom is -0.458 e. The van der Waals surface area contributed by atoms with Crippen molar-refractivity contribution in [3.8, 4) is 0 Å². The summed E-state index contributed by atoms with van der Waals surface area (Å²) >= 11 is 0. The standard InChI is InChI=1S/C27H34O14/c1-14(22(29)35-13-21-11-9-8-10-12-21)37-24(31)16(3)39-26(33)18(5)41-27(34)19(6)40-25(32)17(4)38-23(30)15(2)36-20(7)28/h8-12,14-19H,13H2,1-7H3. The first-order valence-corrected chi connectivity index (χ1v) is 12.5. The van der Waals surface area contributed by atoms with E-state index >= 15 is 0 Å². The quantitative estimate of drug-likeness (QED) is 0.226. The predicted octanol–water partition coefficient (Wildman–Crippen LogP) is 1.34. The highest BCUT2D eigenvalue weighted by Gasteiger charge is 2.32. The molecule has 0 N–H and O–H groups in total. The summed E-state index contributed by atoms with van der Waals surface area (Å²) in [6.07, 6.45) is -8.52. The Hall–Kier alpha value is -4.49. The molecule has 0 fully saturated rings. The van der Waals surface area contributed by atoms with Crippen LogP contribution in [-0.2, 0) is 73.3 Å². The van der Waals surface area contributed by atoms with Gasteiger partial charge in [0.15, 0.2) is 36.6 Å². The fraction of sp³-hybridized carbons (Fsp3) is 0.519. The van der Waals surface area contributed by atoms with Crippen molar-refractivity contribution in [3.63, 3.8) is 0 Å². The van der Waals surface area contributed by atoms with E-state index in [1.165, 1.54) is 27.7 Å². The summed E-state index contributed by atoms with van der Waals surface area (Å²) < 4.78 is 34.2. The maximum atomic E-state index is 12.3. The van der Waals surface area contributed by atoms with Gasteiger partial charge in [0.1, 0.15) is 6.61 Å². The summed E-state index contributed by atoms with van der Waals surface area (Å²) in [7, 11) is 0. The van der Waals surface area contributed by atoms with Crippen LogP contribution in [0.3, 0.4) is 0 Å². The van der Waals surface area contributed by atoms with Crippen LogP contribution in [0.4, 0.5) is 0 Å². The minimum atomic E-state index is -1.52. The Bertz CT molecular complexity index is 1100. The molecule has 0 heterocycles. The van der Waals surface area contributed by atoms with E-state index in [2.05, 4.69) is 4.74 Å². The fourth-order valence-corrected chi connectivity index (χ4v) is 2.73. The van der Waals surface area contributed by atoms with Crippen molar-refractivity contribution in [1.29, 1.82) is 0 Å². The molecule has 0 saturated carbocycles. The molecule has 14 nitrogen and oxygen atoms in total. The average molecular weight is 583 g/mol. The molecule has 0 aliphatic heterocycles. The molecule has 0 amide bonds. The monoisotopic (exact) mass is 582 g/mol. The van der Waals surface area contributed by atoms with E-state index in [1.54, 1.807) is 30.3 Å². The molecule has 1 rings (SSSR count). The van der Waals surface area contributed by atoms with Gasteiger partial charge in [0.05, 0.1) is 0 Å². The molecule has 6 atom stereocenters. The number of hydrogen-bond acceptors (Lipinski definition) is 14. The molecular weight excluding hydrogens is 548 g/mol. The van der Waals surface area contributed by atoms with Crippen LogP contribution in [0.25, 0.3) is 0 Å². The highest BCUT2D eigenvalue weighted by atomic mass is 16.7. The van der Waals surface area contributed by atoms with Crippen LogP contribution in [0, 0.1) is 0 Å². The van der Waals surface area contributed by atoms with Crippen LogP contribution < -0.4 is 0 Å². The Labute approximate surface area is 236 Å². The van der Waals surface area contributed by atoms with Gasteiger partial charge in [0.2, 0.25) is 0 Å². The first kappa shape index (κ1) is 34.5. The number of ether oxygens (including phenoxy) is 7. The van der Waals surface area contributed by atoms with E-state index in [1.807, 2.05) is 0 Å². The van der Waals surface area contributed by atoms with Gasteiger partial charge in [-0.15, -0.1) is 0 Å². The van der Waals surface area contributed by atoms with Gasteiger partial charge < -0.3 is 33.2 Å².